The summed E-state index contributed by atoms with van der Waals surface area (Å²) in [5.41, 5.74) is 2.79. The number of hydrogen-bond donors (Lipinski definition) is 1. The highest BCUT2D eigenvalue weighted by Crippen LogP contribution is 2.48. The van der Waals surface area contributed by atoms with Crippen LogP contribution in [-0.2, 0) is 6.54 Å². The van der Waals surface area contributed by atoms with Gasteiger partial charge >= 0.3 is 6.03 Å². The Balaban J connectivity index is 1.46. The number of likely N-dealkylation sites (tertiary alicyclic amines) is 1. The molecular formula is C21H22N4O2. The summed E-state index contributed by atoms with van der Waals surface area (Å²) in [6.07, 6.45) is 4.94. The number of nitrogens with zero attached hydrogens (tertiary/aromatic N) is 3. The van der Waals surface area contributed by atoms with Crippen molar-refractivity contribution in [3.05, 3.63) is 72.5 Å². The second-order valence-corrected chi connectivity index (χ2v) is 7.45. The zero-order valence-electron chi connectivity index (χ0n) is 15.4. The topological polar surface area (TPSA) is 71.3 Å². The van der Waals surface area contributed by atoms with Gasteiger partial charge in [0.1, 0.15) is 5.69 Å². The summed E-state index contributed by atoms with van der Waals surface area (Å²) < 4.78 is 5.52. The first-order valence-corrected chi connectivity index (χ1v) is 8.98. The molecule has 2 amide bonds. The molecule has 0 spiro atoms. The number of benzene rings is 1. The number of hydrogen-bond acceptors (Lipinski definition) is 4. The summed E-state index contributed by atoms with van der Waals surface area (Å²) in [4.78, 5) is 23.0. The Morgan fingerprint density at radius 1 is 1.22 bits per heavy atom. The SMILES string of the molecule is CC1(C)CN(C(=O)NCc2ncoc2-c2ccccc2)C1c1ccncc1. The number of urea groups is 1. The Kier molecular flexibility index (Phi) is 4.39. The molecule has 3 aromatic rings. The monoisotopic (exact) mass is 362 g/mol. The van der Waals surface area contributed by atoms with Crippen LogP contribution >= 0.6 is 0 Å². The van der Waals surface area contributed by atoms with Gasteiger partial charge in [-0.05, 0) is 17.7 Å². The number of amides is 2. The summed E-state index contributed by atoms with van der Waals surface area (Å²) in [5, 5.41) is 2.98. The van der Waals surface area contributed by atoms with Gasteiger partial charge in [-0.1, -0.05) is 44.2 Å². The van der Waals surface area contributed by atoms with Crippen LogP contribution in [-0.4, -0.2) is 27.4 Å². The van der Waals surface area contributed by atoms with E-state index in [1.54, 1.807) is 12.4 Å². The van der Waals surface area contributed by atoms with E-state index in [-0.39, 0.29) is 17.5 Å². The lowest BCUT2D eigenvalue weighted by Crippen LogP contribution is -2.60. The molecule has 1 N–H and O–H groups in total. The Morgan fingerprint density at radius 3 is 2.67 bits per heavy atom. The van der Waals surface area contributed by atoms with Crippen molar-refractivity contribution >= 4 is 6.03 Å². The van der Waals surface area contributed by atoms with E-state index in [1.165, 1.54) is 6.39 Å². The lowest BCUT2D eigenvalue weighted by atomic mass is 9.72. The normalized spacial score (nSPS) is 18.0. The maximum atomic E-state index is 12.8. The molecule has 1 aromatic carbocycles. The van der Waals surface area contributed by atoms with Crippen LogP contribution in [0, 0.1) is 5.41 Å². The first-order valence-electron chi connectivity index (χ1n) is 8.98. The fourth-order valence-electron chi connectivity index (χ4n) is 3.77. The Hall–Kier alpha value is -3.15. The Morgan fingerprint density at radius 2 is 1.96 bits per heavy atom. The number of carbonyl (C=O) groups excluding carboxylic acids is 1. The van der Waals surface area contributed by atoms with Gasteiger partial charge in [-0.15, -0.1) is 0 Å². The van der Waals surface area contributed by atoms with Gasteiger partial charge in [0.25, 0.3) is 0 Å². The van der Waals surface area contributed by atoms with Crippen molar-refractivity contribution in [1.29, 1.82) is 0 Å². The molecule has 0 radical (unpaired) electrons. The van der Waals surface area contributed by atoms with Crippen LogP contribution < -0.4 is 5.32 Å². The second kappa shape index (κ2) is 6.87. The first kappa shape index (κ1) is 17.3. The summed E-state index contributed by atoms with van der Waals surface area (Å²) in [5.74, 6) is 0.686. The van der Waals surface area contributed by atoms with Crippen LogP contribution in [0.25, 0.3) is 11.3 Å². The van der Waals surface area contributed by atoms with E-state index >= 15 is 0 Å². The molecule has 138 valence electrons. The molecular weight excluding hydrogens is 340 g/mol. The smallest absolute Gasteiger partial charge is 0.318 e. The van der Waals surface area contributed by atoms with Crippen molar-refractivity contribution in [2.75, 3.05) is 6.54 Å². The molecule has 1 aliphatic rings. The molecule has 27 heavy (non-hydrogen) atoms. The number of oxazole rings is 1. The number of pyridine rings is 1. The lowest BCUT2D eigenvalue weighted by molar-refractivity contribution is -0.0166. The second-order valence-electron chi connectivity index (χ2n) is 7.45. The third kappa shape index (κ3) is 3.30. The van der Waals surface area contributed by atoms with Gasteiger partial charge in [0.15, 0.2) is 12.2 Å². The fraction of sp³-hybridized carbons (Fsp3) is 0.286. The molecule has 1 atom stereocenters. The summed E-state index contributed by atoms with van der Waals surface area (Å²) in [7, 11) is 0. The van der Waals surface area contributed by atoms with Crippen molar-refractivity contribution < 1.29 is 9.21 Å². The van der Waals surface area contributed by atoms with E-state index in [4.69, 9.17) is 4.42 Å². The van der Waals surface area contributed by atoms with Gasteiger partial charge in [0.2, 0.25) is 0 Å². The largest absolute Gasteiger partial charge is 0.443 e. The molecule has 0 aliphatic carbocycles. The molecule has 4 rings (SSSR count). The first-order chi connectivity index (χ1) is 13.1. The predicted molar refractivity (Wildman–Crippen MR) is 102 cm³/mol. The van der Waals surface area contributed by atoms with Gasteiger partial charge < -0.3 is 14.6 Å². The minimum atomic E-state index is -0.0989. The van der Waals surface area contributed by atoms with Gasteiger partial charge in [0, 0.05) is 29.9 Å². The van der Waals surface area contributed by atoms with E-state index in [9.17, 15) is 4.79 Å². The minimum absolute atomic E-state index is 0.0295. The van der Waals surface area contributed by atoms with E-state index in [2.05, 4.69) is 29.1 Å². The third-order valence-electron chi connectivity index (χ3n) is 5.00. The highest BCUT2D eigenvalue weighted by atomic mass is 16.3. The zero-order chi connectivity index (χ0) is 18.9. The summed E-state index contributed by atoms with van der Waals surface area (Å²) >= 11 is 0. The van der Waals surface area contributed by atoms with Crippen molar-refractivity contribution in [1.82, 2.24) is 20.2 Å². The number of aromatic nitrogens is 2. The third-order valence-corrected chi connectivity index (χ3v) is 5.00. The zero-order valence-corrected chi connectivity index (χ0v) is 15.4. The van der Waals surface area contributed by atoms with E-state index in [0.29, 0.717) is 18.8 Å². The molecule has 1 unspecified atom stereocenters. The standard InChI is InChI=1S/C21H22N4O2/c1-21(2)13-25(19(21)16-8-10-22-11-9-16)20(26)23-12-17-18(27-14-24-17)15-6-4-3-5-7-15/h3-11,14,19H,12-13H2,1-2H3,(H,23,26). The molecule has 6 heteroatoms. The van der Waals surface area contributed by atoms with E-state index in [0.717, 1.165) is 16.8 Å². The van der Waals surface area contributed by atoms with Gasteiger partial charge in [0.05, 0.1) is 12.6 Å². The van der Waals surface area contributed by atoms with Crippen molar-refractivity contribution in [2.45, 2.75) is 26.4 Å². The molecule has 2 aromatic heterocycles. The van der Waals surface area contributed by atoms with Crippen LogP contribution in [0.5, 0.6) is 0 Å². The Labute approximate surface area is 158 Å². The number of nitrogens with one attached hydrogen (secondary N) is 1. The molecule has 0 saturated carbocycles. The minimum Gasteiger partial charge on any atom is -0.443 e. The van der Waals surface area contributed by atoms with Gasteiger partial charge in [-0.3, -0.25) is 4.98 Å². The molecule has 0 bridgehead atoms. The van der Waals surface area contributed by atoms with E-state index in [1.807, 2.05) is 47.4 Å². The molecule has 1 saturated heterocycles. The van der Waals surface area contributed by atoms with Crippen molar-refractivity contribution in [2.24, 2.45) is 5.41 Å². The summed E-state index contributed by atoms with van der Waals surface area (Å²) in [6.45, 7) is 5.37. The van der Waals surface area contributed by atoms with Crippen LogP contribution in [0.1, 0.15) is 31.1 Å². The van der Waals surface area contributed by atoms with Gasteiger partial charge in [-0.2, -0.15) is 0 Å². The maximum absolute atomic E-state index is 12.8. The van der Waals surface area contributed by atoms with Crippen molar-refractivity contribution in [3.63, 3.8) is 0 Å². The quantitative estimate of drug-likeness (QED) is 0.761. The molecule has 3 heterocycles. The van der Waals surface area contributed by atoms with Crippen molar-refractivity contribution in [3.8, 4) is 11.3 Å². The molecule has 6 nitrogen and oxygen atoms in total. The van der Waals surface area contributed by atoms with Gasteiger partial charge in [-0.25, -0.2) is 9.78 Å². The average Bonchev–Trinajstić information content (AvgIpc) is 3.14. The average molecular weight is 362 g/mol. The van der Waals surface area contributed by atoms with Crippen LogP contribution in [0.2, 0.25) is 0 Å². The van der Waals surface area contributed by atoms with Crippen LogP contribution in [0.4, 0.5) is 4.79 Å². The maximum Gasteiger partial charge on any atom is 0.318 e. The van der Waals surface area contributed by atoms with Crippen LogP contribution in [0.3, 0.4) is 0 Å². The predicted octanol–water partition coefficient (Wildman–Crippen LogP) is 4.03. The molecule has 1 fully saturated rings. The number of rotatable bonds is 4. The Bertz CT molecular complexity index is 922. The fourth-order valence-corrected chi connectivity index (χ4v) is 3.77. The number of carbonyl (C=O) groups is 1. The summed E-state index contributed by atoms with van der Waals surface area (Å²) in [6, 6.07) is 13.6. The highest BCUT2D eigenvalue weighted by Gasteiger charge is 2.48. The van der Waals surface area contributed by atoms with E-state index < -0.39 is 0 Å². The molecule has 1 aliphatic heterocycles. The highest BCUT2D eigenvalue weighted by molar-refractivity contribution is 5.76. The van der Waals surface area contributed by atoms with Crippen LogP contribution in [0.15, 0.2) is 65.7 Å². The lowest BCUT2D eigenvalue weighted by Gasteiger charge is -2.54.